The molecule has 0 unspecified atom stereocenters. The van der Waals surface area contributed by atoms with Crippen LogP contribution in [0.5, 0.6) is 0 Å². The topological polar surface area (TPSA) is 81.7 Å². The standard InChI is InChI=1S/C26H31N3O3/c30-24(28-32)22-16-26(11-12-26)17-27-23(22)25(31)29-13-9-19(10-14-29)21-8-4-7-20(15-21)18-5-2-1-3-6-18/h1-8,15,19,22-23,27,32H,9-14,16-17H2,(H,28,30)/t22-,23-/m0/s1. The molecule has 2 saturated heterocycles. The maximum Gasteiger partial charge on any atom is 0.248 e. The summed E-state index contributed by atoms with van der Waals surface area (Å²) in [6.45, 7) is 2.16. The summed E-state index contributed by atoms with van der Waals surface area (Å²) in [6.07, 6.45) is 4.67. The summed E-state index contributed by atoms with van der Waals surface area (Å²) in [4.78, 5) is 27.5. The molecule has 2 atom stereocenters. The molecule has 1 spiro atoms. The summed E-state index contributed by atoms with van der Waals surface area (Å²) in [5, 5.41) is 12.5. The molecular formula is C26H31N3O3. The summed E-state index contributed by atoms with van der Waals surface area (Å²) >= 11 is 0. The van der Waals surface area contributed by atoms with E-state index >= 15 is 0 Å². The average Bonchev–Trinajstić information content (AvgIpc) is 3.62. The first-order valence-electron chi connectivity index (χ1n) is 11.7. The highest BCUT2D eigenvalue weighted by atomic mass is 16.5. The first-order chi connectivity index (χ1) is 15.6. The van der Waals surface area contributed by atoms with Gasteiger partial charge < -0.3 is 10.2 Å². The molecular weight excluding hydrogens is 402 g/mol. The van der Waals surface area contributed by atoms with Gasteiger partial charge in [-0.3, -0.25) is 14.8 Å². The fraction of sp³-hybridized carbons (Fsp3) is 0.462. The molecule has 1 saturated carbocycles. The predicted octanol–water partition coefficient (Wildman–Crippen LogP) is 3.32. The van der Waals surface area contributed by atoms with Crippen molar-refractivity contribution in [2.45, 2.75) is 44.1 Å². The van der Waals surface area contributed by atoms with Gasteiger partial charge in [-0.15, -0.1) is 0 Å². The van der Waals surface area contributed by atoms with Gasteiger partial charge in [-0.25, -0.2) is 5.48 Å². The lowest BCUT2D eigenvalue weighted by atomic mass is 9.81. The van der Waals surface area contributed by atoms with Crippen LogP contribution < -0.4 is 10.8 Å². The second kappa shape index (κ2) is 8.68. The number of hydrogen-bond donors (Lipinski definition) is 3. The molecule has 6 heteroatoms. The van der Waals surface area contributed by atoms with Crippen molar-refractivity contribution in [3.8, 4) is 11.1 Å². The molecule has 3 aliphatic rings. The van der Waals surface area contributed by atoms with Gasteiger partial charge in [-0.1, -0.05) is 54.6 Å². The number of carbonyl (C=O) groups is 2. The van der Waals surface area contributed by atoms with Crippen LogP contribution in [0.3, 0.4) is 0 Å². The molecule has 1 aliphatic carbocycles. The molecule has 2 heterocycles. The minimum absolute atomic E-state index is 0.00872. The quantitative estimate of drug-likeness (QED) is 0.510. The van der Waals surface area contributed by atoms with E-state index < -0.39 is 17.9 Å². The van der Waals surface area contributed by atoms with Crippen molar-refractivity contribution in [1.82, 2.24) is 15.7 Å². The first kappa shape index (κ1) is 21.2. The number of likely N-dealkylation sites (tertiary alicyclic amines) is 1. The predicted molar refractivity (Wildman–Crippen MR) is 122 cm³/mol. The van der Waals surface area contributed by atoms with Crippen LogP contribution in [0.25, 0.3) is 11.1 Å². The van der Waals surface area contributed by atoms with Gasteiger partial charge in [0.15, 0.2) is 0 Å². The lowest BCUT2D eigenvalue weighted by molar-refractivity contribution is -0.145. The van der Waals surface area contributed by atoms with Crippen molar-refractivity contribution < 1.29 is 14.8 Å². The smallest absolute Gasteiger partial charge is 0.248 e. The lowest BCUT2D eigenvalue weighted by Crippen LogP contribution is -2.59. The van der Waals surface area contributed by atoms with Gasteiger partial charge in [-0.05, 0) is 60.1 Å². The molecule has 2 aliphatic heterocycles. The van der Waals surface area contributed by atoms with E-state index in [-0.39, 0.29) is 11.3 Å². The van der Waals surface area contributed by atoms with Gasteiger partial charge in [0.25, 0.3) is 0 Å². The Hall–Kier alpha value is -2.70. The highest BCUT2D eigenvalue weighted by Gasteiger charge is 2.52. The van der Waals surface area contributed by atoms with Crippen molar-refractivity contribution in [3.05, 3.63) is 60.2 Å². The summed E-state index contributed by atoms with van der Waals surface area (Å²) in [6, 6.07) is 18.6. The third kappa shape index (κ3) is 4.17. The van der Waals surface area contributed by atoms with Crippen LogP contribution in [-0.4, -0.2) is 47.6 Å². The van der Waals surface area contributed by atoms with Crippen LogP contribution in [0.2, 0.25) is 0 Å². The van der Waals surface area contributed by atoms with Crippen molar-refractivity contribution in [1.29, 1.82) is 0 Å². The van der Waals surface area contributed by atoms with Crippen LogP contribution in [0.1, 0.15) is 43.6 Å². The molecule has 0 aromatic heterocycles. The molecule has 3 N–H and O–H groups in total. The molecule has 32 heavy (non-hydrogen) atoms. The molecule has 2 aromatic carbocycles. The highest BCUT2D eigenvalue weighted by Crippen LogP contribution is 2.52. The number of rotatable bonds is 4. The zero-order valence-corrected chi connectivity index (χ0v) is 18.3. The maximum atomic E-state index is 13.3. The molecule has 2 amide bonds. The van der Waals surface area contributed by atoms with E-state index in [1.54, 1.807) is 5.48 Å². The molecule has 6 nitrogen and oxygen atoms in total. The zero-order valence-electron chi connectivity index (χ0n) is 18.3. The number of hydroxylamine groups is 1. The Kier molecular flexibility index (Phi) is 5.74. The molecule has 2 aromatic rings. The van der Waals surface area contributed by atoms with Crippen molar-refractivity contribution in [2.24, 2.45) is 11.3 Å². The summed E-state index contributed by atoms with van der Waals surface area (Å²) in [5.74, 6) is -0.544. The molecule has 5 rings (SSSR count). The Labute approximate surface area is 189 Å². The second-order valence-electron chi connectivity index (χ2n) is 9.74. The Balaban J connectivity index is 1.24. The van der Waals surface area contributed by atoms with E-state index in [1.165, 1.54) is 16.7 Å². The lowest BCUT2D eigenvalue weighted by Gasteiger charge is -2.40. The van der Waals surface area contributed by atoms with E-state index in [0.29, 0.717) is 25.4 Å². The molecule has 0 bridgehead atoms. The Morgan fingerprint density at radius 2 is 1.72 bits per heavy atom. The van der Waals surface area contributed by atoms with Crippen LogP contribution in [0, 0.1) is 11.3 Å². The normalized spacial score (nSPS) is 24.8. The van der Waals surface area contributed by atoms with Gasteiger partial charge in [0.05, 0.1) is 12.0 Å². The minimum Gasteiger partial charge on any atom is -0.341 e. The monoisotopic (exact) mass is 433 g/mol. The minimum atomic E-state index is -0.550. The van der Waals surface area contributed by atoms with Crippen LogP contribution in [0.15, 0.2) is 54.6 Å². The van der Waals surface area contributed by atoms with Gasteiger partial charge in [0, 0.05) is 19.6 Å². The van der Waals surface area contributed by atoms with Crippen LogP contribution in [0.4, 0.5) is 0 Å². The van der Waals surface area contributed by atoms with Crippen LogP contribution >= 0.6 is 0 Å². The summed E-state index contributed by atoms with van der Waals surface area (Å²) in [7, 11) is 0. The van der Waals surface area contributed by atoms with Crippen molar-refractivity contribution in [2.75, 3.05) is 19.6 Å². The second-order valence-corrected chi connectivity index (χ2v) is 9.74. The number of hydrogen-bond acceptors (Lipinski definition) is 4. The number of benzene rings is 2. The SMILES string of the molecule is O=C(NO)[C@H]1CC2(CC2)CN[C@@H]1C(=O)N1CCC(c2cccc(-c3ccccc3)c2)CC1. The maximum absolute atomic E-state index is 13.3. The van der Waals surface area contributed by atoms with E-state index in [9.17, 15) is 14.8 Å². The summed E-state index contributed by atoms with van der Waals surface area (Å²) in [5.41, 5.74) is 5.69. The Morgan fingerprint density at radius 1 is 1.00 bits per heavy atom. The van der Waals surface area contributed by atoms with E-state index in [4.69, 9.17) is 0 Å². The Bertz CT molecular complexity index is 981. The average molecular weight is 434 g/mol. The van der Waals surface area contributed by atoms with E-state index in [1.807, 2.05) is 11.0 Å². The highest BCUT2D eigenvalue weighted by molar-refractivity contribution is 5.90. The third-order valence-electron chi connectivity index (χ3n) is 7.69. The van der Waals surface area contributed by atoms with Crippen molar-refractivity contribution >= 4 is 11.8 Å². The number of piperidine rings is 2. The van der Waals surface area contributed by atoms with E-state index in [0.717, 1.165) is 32.2 Å². The number of nitrogens with zero attached hydrogens (tertiary/aromatic N) is 1. The van der Waals surface area contributed by atoms with Crippen LogP contribution in [-0.2, 0) is 9.59 Å². The fourth-order valence-electron chi connectivity index (χ4n) is 5.50. The number of nitrogens with one attached hydrogen (secondary N) is 2. The third-order valence-corrected chi connectivity index (χ3v) is 7.69. The van der Waals surface area contributed by atoms with Gasteiger partial charge in [-0.2, -0.15) is 0 Å². The van der Waals surface area contributed by atoms with Gasteiger partial charge in [0.2, 0.25) is 11.8 Å². The largest absolute Gasteiger partial charge is 0.341 e. The fourth-order valence-corrected chi connectivity index (χ4v) is 5.50. The summed E-state index contributed by atoms with van der Waals surface area (Å²) < 4.78 is 0. The molecule has 3 fully saturated rings. The van der Waals surface area contributed by atoms with E-state index in [2.05, 4.69) is 53.8 Å². The first-order valence-corrected chi connectivity index (χ1v) is 11.7. The number of amides is 2. The Morgan fingerprint density at radius 3 is 2.41 bits per heavy atom. The van der Waals surface area contributed by atoms with Gasteiger partial charge in [0.1, 0.15) is 0 Å². The van der Waals surface area contributed by atoms with Crippen molar-refractivity contribution in [3.63, 3.8) is 0 Å². The zero-order chi connectivity index (χ0) is 22.1. The molecule has 168 valence electrons. The molecule has 0 radical (unpaired) electrons. The number of carbonyl (C=O) groups excluding carboxylic acids is 2. The van der Waals surface area contributed by atoms with Gasteiger partial charge >= 0.3 is 0 Å².